The maximum atomic E-state index is 9.30. The number of aliphatic hydroxyl groups is 1. The number of nitrogens with two attached hydrogens (primary N) is 1. The predicted molar refractivity (Wildman–Crippen MR) is 63.3 cm³/mol. The molecule has 0 saturated carbocycles. The molecular weight excluding hydrogens is 194 g/mol. The second kappa shape index (κ2) is 5.27. The zero-order valence-electron chi connectivity index (χ0n) is 8.60. The number of thioether (sulfide) groups is 1. The molecule has 0 radical (unpaired) electrons. The summed E-state index contributed by atoms with van der Waals surface area (Å²) in [6.45, 7) is 3.85. The smallest absolute Gasteiger partial charge is 0.0628 e. The number of hydrogen-bond acceptors (Lipinski definition) is 3. The summed E-state index contributed by atoms with van der Waals surface area (Å²) in [4.78, 5) is 0. The Labute approximate surface area is 89.5 Å². The first-order valence-corrected chi connectivity index (χ1v) is 5.78. The molecule has 0 aliphatic carbocycles. The van der Waals surface area contributed by atoms with Gasteiger partial charge >= 0.3 is 0 Å². The SMILES string of the molecule is CC(O)C(C)SCc1ccc(N)cc1. The second-order valence-electron chi connectivity index (χ2n) is 3.50. The summed E-state index contributed by atoms with van der Waals surface area (Å²) in [7, 11) is 0. The highest BCUT2D eigenvalue weighted by atomic mass is 32.2. The molecule has 0 aromatic heterocycles. The number of hydrogen-bond donors (Lipinski definition) is 2. The van der Waals surface area contributed by atoms with Gasteiger partial charge in [-0.25, -0.2) is 0 Å². The van der Waals surface area contributed by atoms with Crippen LogP contribution in [0.15, 0.2) is 24.3 Å². The molecule has 1 aromatic rings. The van der Waals surface area contributed by atoms with Crippen LogP contribution < -0.4 is 5.73 Å². The van der Waals surface area contributed by atoms with Crippen molar-refractivity contribution in [1.82, 2.24) is 0 Å². The Balaban J connectivity index is 2.42. The highest BCUT2D eigenvalue weighted by molar-refractivity contribution is 7.99. The normalized spacial score (nSPS) is 15.1. The molecule has 3 N–H and O–H groups in total. The van der Waals surface area contributed by atoms with Gasteiger partial charge in [0.2, 0.25) is 0 Å². The van der Waals surface area contributed by atoms with E-state index in [1.807, 2.05) is 38.1 Å². The summed E-state index contributed by atoms with van der Waals surface area (Å²) < 4.78 is 0. The molecule has 0 bridgehead atoms. The molecule has 0 fully saturated rings. The van der Waals surface area contributed by atoms with E-state index in [2.05, 4.69) is 0 Å². The van der Waals surface area contributed by atoms with Crippen LogP contribution in [0.2, 0.25) is 0 Å². The molecule has 0 aliphatic rings. The lowest BCUT2D eigenvalue weighted by Gasteiger charge is -2.13. The average Bonchev–Trinajstić information content (AvgIpc) is 2.16. The topological polar surface area (TPSA) is 46.2 Å². The average molecular weight is 211 g/mol. The fourth-order valence-corrected chi connectivity index (χ4v) is 1.91. The molecule has 2 nitrogen and oxygen atoms in total. The van der Waals surface area contributed by atoms with Gasteiger partial charge in [0, 0.05) is 16.7 Å². The number of nitrogen functional groups attached to an aromatic ring is 1. The molecule has 0 heterocycles. The molecule has 1 rings (SSSR count). The highest BCUT2D eigenvalue weighted by Gasteiger charge is 2.08. The molecule has 2 unspecified atom stereocenters. The van der Waals surface area contributed by atoms with Crippen LogP contribution in [0.3, 0.4) is 0 Å². The summed E-state index contributed by atoms with van der Waals surface area (Å²) in [5, 5.41) is 9.57. The monoisotopic (exact) mass is 211 g/mol. The molecule has 0 spiro atoms. The Kier molecular flexibility index (Phi) is 4.29. The molecule has 1 aromatic carbocycles. The van der Waals surface area contributed by atoms with Crippen molar-refractivity contribution in [3.8, 4) is 0 Å². The van der Waals surface area contributed by atoms with Crippen LogP contribution in [-0.2, 0) is 5.75 Å². The Bertz CT molecular complexity index is 271. The van der Waals surface area contributed by atoms with Crippen LogP contribution in [0.5, 0.6) is 0 Å². The zero-order chi connectivity index (χ0) is 10.6. The van der Waals surface area contributed by atoms with Crippen LogP contribution in [0, 0.1) is 0 Å². The lowest BCUT2D eigenvalue weighted by Crippen LogP contribution is -2.15. The summed E-state index contributed by atoms with van der Waals surface area (Å²) in [6, 6.07) is 7.86. The van der Waals surface area contributed by atoms with Gasteiger partial charge in [0.1, 0.15) is 0 Å². The van der Waals surface area contributed by atoms with Crippen LogP contribution in [0.4, 0.5) is 5.69 Å². The Morgan fingerprint density at radius 1 is 1.29 bits per heavy atom. The number of anilines is 1. The largest absolute Gasteiger partial charge is 0.399 e. The van der Waals surface area contributed by atoms with Crippen LogP contribution in [0.25, 0.3) is 0 Å². The quantitative estimate of drug-likeness (QED) is 0.751. The van der Waals surface area contributed by atoms with E-state index >= 15 is 0 Å². The summed E-state index contributed by atoms with van der Waals surface area (Å²) >= 11 is 1.75. The van der Waals surface area contributed by atoms with Gasteiger partial charge in [-0.1, -0.05) is 19.1 Å². The summed E-state index contributed by atoms with van der Waals surface area (Å²) in [6.07, 6.45) is -0.256. The molecule has 0 aliphatic heterocycles. The molecular formula is C11H17NOS. The van der Waals surface area contributed by atoms with E-state index < -0.39 is 0 Å². The Hall–Kier alpha value is -0.670. The lowest BCUT2D eigenvalue weighted by molar-refractivity contribution is 0.196. The predicted octanol–water partition coefficient (Wildman–Crippen LogP) is 2.27. The minimum atomic E-state index is -0.256. The van der Waals surface area contributed by atoms with Gasteiger partial charge in [-0.3, -0.25) is 0 Å². The van der Waals surface area contributed by atoms with E-state index in [1.54, 1.807) is 11.8 Å². The maximum absolute atomic E-state index is 9.30. The zero-order valence-corrected chi connectivity index (χ0v) is 9.42. The molecule has 3 heteroatoms. The van der Waals surface area contributed by atoms with Crippen molar-refractivity contribution in [1.29, 1.82) is 0 Å². The third kappa shape index (κ3) is 3.60. The molecule has 14 heavy (non-hydrogen) atoms. The minimum absolute atomic E-state index is 0.256. The number of benzene rings is 1. The fourth-order valence-electron chi connectivity index (χ4n) is 0.981. The first kappa shape index (κ1) is 11.4. The minimum Gasteiger partial charge on any atom is -0.399 e. The van der Waals surface area contributed by atoms with Gasteiger partial charge in [0.25, 0.3) is 0 Å². The third-order valence-corrected chi connectivity index (χ3v) is 3.59. The first-order chi connectivity index (χ1) is 6.59. The van der Waals surface area contributed by atoms with Gasteiger partial charge < -0.3 is 10.8 Å². The third-order valence-electron chi connectivity index (χ3n) is 2.17. The van der Waals surface area contributed by atoms with E-state index in [1.165, 1.54) is 5.56 Å². The van der Waals surface area contributed by atoms with Gasteiger partial charge in [-0.2, -0.15) is 11.8 Å². The van der Waals surface area contributed by atoms with E-state index in [-0.39, 0.29) is 11.4 Å². The summed E-state index contributed by atoms with van der Waals surface area (Å²) in [5.74, 6) is 0.923. The standard InChI is InChI=1S/C11H17NOS/c1-8(13)9(2)14-7-10-3-5-11(12)6-4-10/h3-6,8-9,13H,7,12H2,1-2H3. The molecule has 0 amide bonds. The van der Waals surface area contributed by atoms with E-state index in [9.17, 15) is 5.11 Å². The van der Waals surface area contributed by atoms with Crippen molar-refractivity contribution in [2.45, 2.75) is 31.0 Å². The first-order valence-electron chi connectivity index (χ1n) is 4.73. The van der Waals surface area contributed by atoms with Gasteiger partial charge in [-0.05, 0) is 24.6 Å². The fraction of sp³-hybridized carbons (Fsp3) is 0.455. The maximum Gasteiger partial charge on any atom is 0.0628 e. The van der Waals surface area contributed by atoms with Crippen molar-refractivity contribution in [2.75, 3.05) is 5.73 Å². The van der Waals surface area contributed by atoms with Crippen LogP contribution >= 0.6 is 11.8 Å². The van der Waals surface area contributed by atoms with Gasteiger partial charge in [0.15, 0.2) is 0 Å². The van der Waals surface area contributed by atoms with Crippen molar-refractivity contribution >= 4 is 17.4 Å². The van der Waals surface area contributed by atoms with Crippen molar-refractivity contribution in [3.63, 3.8) is 0 Å². The molecule has 0 saturated heterocycles. The molecule has 78 valence electrons. The van der Waals surface area contributed by atoms with Crippen LogP contribution in [-0.4, -0.2) is 16.5 Å². The van der Waals surface area contributed by atoms with E-state index in [0.717, 1.165) is 11.4 Å². The number of rotatable bonds is 4. The van der Waals surface area contributed by atoms with E-state index in [0.29, 0.717) is 0 Å². The Morgan fingerprint density at radius 2 is 1.86 bits per heavy atom. The second-order valence-corrected chi connectivity index (χ2v) is 4.86. The molecule has 2 atom stereocenters. The summed E-state index contributed by atoms with van der Waals surface area (Å²) in [5.41, 5.74) is 7.62. The van der Waals surface area contributed by atoms with Gasteiger partial charge in [-0.15, -0.1) is 0 Å². The van der Waals surface area contributed by atoms with Crippen molar-refractivity contribution < 1.29 is 5.11 Å². The van der Waals surface area contributed by atoms with E-state index in [4.69, 9.17) is 5.73 Å². The van der Waals surface area contributed by atoms with Crippen molar-refractivity contribution in [2.24, 2.45) is 0 Å². The highest BCUT2D eigenvalue weighted by Crippen LogP contribution is 2.20. The van der Waals surface area contributed by atoms with Crippen LogP contribution in [0.1, 0.15) is 19.4 Å². The lowest BCUT2D eigenvalue weighted by atomic mass is 10.2. The van der Waals surface area contributed by atoms with Gasteiger partial charge in [0.05, 0.1) is 6.10 Å². The van der Waals surface area contributed by atoms with Crippen molar-refractivity contribution in [3.05, 3.63) is 29.8 Å². The Morgan fingerprint density at radius 3 is 2.36 bits per heavy atom. The number of aliphatic hydroxyl groups excluding tert-OH is 1.